The van der Waals surface area contributed by atoms with Crippen LogP contribution < -0.4 is 5.32 Å². The molecule has 0 radical (unpaired) electrons. The van der Waals surface area contributed by atoms with E-state index in [-0.39, 0.29) is 11.8 Å². The summed E-state index contributed by atoms with van der Waals surface area (Å²) in [5.74, 6) is 0.200. The van der Waals surface area contributed by atoms with Crippen molar-refractivity contribution in [2.45, 2.75) is 33.2 Å². The number of nitrogens with one attached hydrogen (secondary N) is 1. The molecule has 1 unspecified atom stereocenters. The zero-order valence-corrected chi connectivity index (χ0v) is 16.5. The Labute approximate surface area is 158 Å². The zero-order chi connectivity index (χ0) is 17.8. The van der Waals surface area contributed by atoms with Crippen LogP contribution in [0.2, 0.25) is 0 Å². The molecule has 1 saturated heterocycles. The molecule has 2 aromatic rings. The maximum atomic E-state index is 12.7. The third-order valence-corrected chi connectivity index (χ3v) is 5.15. The highest BCUT2D eigenvalue weighted by Crippen LogP contribution is 2.22. The van der Waals surface area contributed by atoms with Gasteiger partial charge in [-0.3, -0.25) is 9.69 Å². The number of rotatable bonds is 4. The molecule has 3 rings (SSSR count). The Kier molecular flexibility index (Phi) is 5.92. The summed E-state index contributed by atoms with van der Waals surface area (Å²) in [4.78, 5) is 15.1. The molecule has 1 N–H and O–H groups in total. The third-order valence-electron chi connectivity index (χ3n) is 4.66. The molecule has 1 aliphatic rings. The average Bonchev–Trinajstić information content (AvgIpc) is 2.54. The van der Waals surface area contributed by atoms with E-state index in [2.05, 4.69) is 64.3 Å². The van der Waals surface area contributed by atoms with E-state index < -0.39 is 0 Å². The van der Waals surface area contributed by atoms with Crippen LogP contribution in [0.15, 0.2) is 46.9 Å². The molecule has 2 aromatic carbocycles. The largest absolute Gasteiger partial charge is 0.326 e. The van der Waals surface area contributed by atoms with Crippen molar-refractivity contribution in [2.75, 3.05) is 18.4 Å². The number of amides is 1. The van der Waals surface area contributed by atoms with Crippen LogP contribution in [0.25, 0.3) is 0 Å². The maximum Gasteiger partial charge on any atom is 0.228 e. The van der Waals surface area contributed by atoms with E-state index in [1.54, 1.807) is 0 Å². The number of carbonyl (C=O) groups excluding carboxylic acids is 1. The number of hydrogen-bond donors (Lipinski definition) is 1. The molecule has 1 aliphatic heterocycles. The van der Waals surface area contributed by atoms with Gasteiger partial charge in [0.15, 0.2) is 0 Å². The van der Waals surface area contributed by atoms with Gasteiger partial charge in [0, 0.05) is 23.2 Å². The number of hydrogen-bond acceptors (Lipinski definition) is 2. The molecule has 132 valence electrons. The van der Waals surface area contributed by atoms with E-state index in [0.29, 0.717) is 0 Å². The van der Waals surface area contributed by atoms with E-state index >= 15 is 0 Å². The zero-order valence-electron chi connectivity index (χ0n) is 14.9. The second kappa shape index (κ2) is 8.15. The van der Waals surface area contributed by atoms with E-state index in [9.17, 15) is 4.79 Å². The van der Waals surface area contributed by atoms with Crippen molar-refractivity contribution in [1.82, 2.24) is 4.90 Å². The maximum absolute atomic E-state index is 12.7. The molecule has 3 nitrogen and oxygen atoms in total. The van der Waals surface area contributed by atoms with Crippen LogP contribution in [0.3, 0.4) is 0 Å². The van der Waals surface area contributed by atoms with E-state index in [0.717, 1.165) is 42.6 Å². The predicted octanol–water partition coefficient (Wildman–Crippen LogP) is 4.92. The minimum absolute atomic E-state index is 0.0571. The van der Waals surface area contributed by atoms with Gasteiger partial charge >= 0.3 is 0 Å². The molecular formula is C21H25BrN2O. The molecule has 0 aliphatic carbocycles. The van der Waals surface area contributed by atoms with E-state index in [1.165, 1.54) is 16.7 Å². The highest BCUT2D eigenvalue weighted by Gasteiger charge is 2.26. The van der Waals surface area contributed by atoms with Crippen LogP contribution in [-0.2, 0) is 11.3 Å². The fourth-order valence-corrected chi connectivity index (χ4v) is 4.04. The lowest BCUT2D eigenvalue weighted by Gasteiger charge is -2.32. The second-order valence-electron chi connectivity index (χ2n) is 7.07. The van der Waals surface area contributed by atoms with Gasteiger partial charge in [-0.2, -0.15) is 0 Å². The topological polar surface area (TPSA) is 32.3 Å². The molecule has 1 fully saturated rings. The number of likely N-dealkylation sites (tertiary alicyclic amines) is 1. The summed E-state index contributed by atoms with van der Waals surface area (Å²) in [5, 5.41) is 3.11. The monoisotopic (exact) mass is 400 g/mol. The molecule has 25 heavy (non-hydrogen) atoms. The third kappa shape index (κ3) is 5.16. The fourth-order valence-electron chi connectivity index (χ4n) is 3.60. The van der Waals surface area contributed by atoms with Gasteiger partial charge in [-0.1, -0.05) is 34.1 Å². The Morgan fingerprint density at radius 1 is 1.20 bits per heavy atom. The predicted molar refractivity (Wildman–Crippen MR) is 107 cm³/mol. The molecule has 1 heterocycles. The van der Waals surface area contributed by atoms with E-state index in [4.69, 9.17) is 0 Å². The van der Waals surface area contributed by atoms with Gasteiger partial charge in [0.2, 0.25) is 5.91 Å². The summed E-state index contributed by atoms with van der Waals surface area (Å²) in [6.45, 7) is 6.89. The van der Waals surface area contributed by atoms with Crippen molar-refractivity contribution in [1.29, 1.82) is 0 Å². The first-order chi connectivity index (χ1) is 12.0. The first-order valence-corrected chi connectivity index (χ1v) is 9.65. The van der Waals surface area contributed by atoms with Gasteiger partial charge in [-0.05, 0) is 74.2 Å². The Balaban J connectivity index is 1.61. The highest BCUT2D eigenvalue weighted by molar-refractivity contribution is 9.10. The summed E-state index contributed by atoms with van der Waals surface area (Å²) >= 11 is 3.53. The van der Waals surface area contributed by atoms with Crippen molar-refractivity contribution in [3.63, 3.8) is 0 Å². The lowest BCUT2D eigenvalue weighted by atomic mass is 9.96. The quantitative estimate of drug-likeness (QED) is 0.789. The van der Waals surface area contributed by atoms with Crippen LogP contribution >= 0.6 is 15.9 Å². The number of anilines is 1. The molecule has 0 aromatic heterocycles. The van der Waals surface area contributed by atoms with Gasteiger partial charge < -0.3 is 5.32 Å². The van der Waals surface area contributed by atoms with Crippen LogP contribution in [0, 0.1) is 19.8 Å². The Morgan fingerprint density at radius 2 is 1.96 bits per heavy atom. The summed E-state index contributed by atoms with van der Waals surface area (Å²) < 4.78 is 1.10. The lowest BCUT2D eigenvalue weighted by molar-refractivity contribution is -0.121. The standard InChI is InChI=1S/C21H25BrN2O/c1-15-9-16(2)11-20(10-15)23-21(25)18-6-4-8-24(14-18)13-17-5-3-7-19(22)12-17/h3,5,7,9-12,18H,4,6,8,13-14H2,1-2H3,(H,23,25). The summed E-state index contributed by atoms with van der Waals surface area (Å²) in [6, 6.07) is 14.6. The Bertz CT molecular complexity index is 739. The Morgan fingerprint density at radius 3 is 2.68 bits per heavy atom. The molecule has 0 spiro atoms. The van der Waals surface area contributed by atoms with Crippen molar-refractivity contribution >= 4 is 27.5 Å². The summed E-state index contributed by atoms with van der Waals surface area (Å²) in [7, 11) is 0. The van der Waals surface area contributed by atoms with Crippen LogP contribution in [0.5, 0.6) is 0 Å². The number of nitrogens with zero attached hydrogens (tertiary/aromatic N) is 1. The molecular weight excluding hydrogens is 376 g/mol. The SMILES string of the molecule is Cc1cc(C)cc(NC(=O)C2CCCN(Cc3cccc(Br)c3)C2)c1. The minimum Gasteiger partial charge on any atom is -0.326 e. The lowest BCUT2D eigenvalue weighted by Crippen LogP contribution is -2.40. The summed E-state index contributed by atoms with van der Waals surface area (Å²) in [6.07, 6.45) is 2.03. The van der Waals surface area contributed by atoms with Gasteiger partial charge in [-0.25, -0.2) is 0 Å². The molecule has 1 atom stereocenters. The smallest absolute Gasteiger partial charge is 0.228 e. The number of carbonyl (C=O) groups is 1. The Hall–Kier alpha value is -1.65. The van der Waals surface area contributed by atoms with Crippen molar-refractivity contribution in [3.05, 3.63) is 63.6 Å². The fraction of sp³-hybridized carbons (Fsp3) is 0.381. The minimum atomic E-state index is 0.0571. The first-order valence-electron chi connectivity index (χ1n) is 8.85. The molecule has 4 heteroatoms. The van der Waals surface area contributed by atoms with Gasteiger partial charge in [0.25, 0.3) is 0 Å². The summed E-state index contributed by atoms with van der Waals surface area (Å²) in [5.41, 5.74) is 4.54. The highest BCUT2D eigenvalue weighted by atomic mass is 79.9. The van der Waals surface area contributed by atoms with Crippen LogP contribution in [0.1, 0.15) is 29.5 Å². The first kappa shape index (κ1) is 18.2. The van der Waals surface area contributed by atoms with Crippen molar-refractivity contribution < 1.29 is 4.79 Å². The van der Waals surface area contributed by atoms with E-state index in [1.807, 2.05) is 18.2 Å². The van der Waals surface area contributed by atoms with Gasteiger partial charge in [0.1, 0.15) is 0 Å². The average molecular weight is 401 g/mol. The van der Waals surface area contributed by atoms with Gasteiger partial charge in [-0.15, -0.1) is 0 Å². The number of benzene rings is 2. The van der Waals surface area contributed by atoms with Crippen molar-refractivity contribution in [3.8, 4) is 0 Å². The van der Waals surface area contributed by atoms with Crippen molar-refractivity contribution in [2.24, 2.45) is 5.92 Å². The molecule has 1 amide bonds. The number of piperidine rings is 1. The number of halogens is 1. The molecule has 0 bridgehead atoms. The molecule has 0 saturated carbocycles. The second-order valence-corrected chi connectivity index (χ2v) is 7.99. The van der Waals surface area contributed by atoms with Gasteiger partial charge in [0.05, 0.1) is 5.92 Å². The van der Waals surface area contributed by atoms with Crippen LogP contribution in [-0.4, -0.2) is 23.9 Å². The normalized spacial score (nSPS) is 18.1. The number of aryl methyl sites for hydroxylation is 2. The van der Waals surface area contributed by atoms with Crippen LogP contribution in [0.4, 0.5) is 5.69 Å².